The number of rotatable bonds is 3. The number of nitriles is 2. The molecule has 0 aliphatic heterocycles. The minimum atomic E-state index is -0.612. The largest absolute Gasteiger partial charge is 0.399 e. The molecule has 0 heterocycles. The molecule has 0 saturated carbocycles. The molecule has 2 aromatic rings. The third-order valence-electron chi connectivity index (χ3n) is 2.85. The molecular formula is C15H11N5O. The van der Waals surface area contributed by atoms with Gasteiger partial charge in [-0.1, -0.05) is 0 Å². The SMILES string of the molecule is N#Cc1ccc(Nc2ccc(N)cc2C(N)=O)cc1C#N. The number of primary amides is 1. The summed E-state index contributed by atoms with van der Waals surface area (Å²) in [6, 6.07) is 13.3. The van der Waals surface area contributed by atoms with Gasteiger partial charge in [0.15, 0.2) is 0 Å². The Morgan fingerprint density at radius 1 is 1.05 bits per heavy atom. The lowest BCUT2D eigenvalue weighted by Gasteiger charge is -2.11. The maximum Gasteiger partial charge on any atom is 0.250 e. The first kappa shape index (κ1) is 13.9. The summed E-state index contributed by atoms with van der Waals surface area (Å²) in [4.78, 5) is 11.4. The van der Waals surface area contributed by atoms with Crippen molar-refractivity contribution in [3.05, 3.63) is 53.1 Å². The number of hydrogen-bond acceptors (Lipinski definition) is 5. The molecule has 0 unspecified atom stereocenters. The van der Waals surface area contributed by atoms with E-state index in [0.29, 0.717) is 17.1 Å². The lowest BCUT2D eigenvalue weighted by molar-refractivity contribution is 0.100. The lowest BCUT2D eigenvalue weighted by atomic mass is 10.1. The van der Waals surface area contributed by atoms with Crippen LogP contribution in [0.5, 0.6) is 0 Å². The number of nitrogens with one attached hydrogen (secondary N) is 1. The van der Waals surface area contributed by atoms with E-state index in [2.05, 4.69) is 5.32 Å². The van der Waals surface area contributed by atoms with Gasteiger partial charge in [-0.15, -0.1) is 0 Å². The number of benzene rings is 2. The van der Waals surface area contributed by atoms with Crippen LogP contribution in [0.15, 0.2) is 36.4 Å². The van der Waals surface area contributed by atoms with Gasteiger partial charge in [0, 0.05) is 11.4 Å². The van der Waals surface area contributed by atoms with Crippen LogP contribution in [-0.2, 0) is 0 Å². The van der Waals surface area contributed by atoms with Crippen LogP contribution in [0.3, 0.4) is 0 Å². The van der Waals surface area contributed by atoms with Crippen LogP contribution in [0, 0.1) is 22.7 Å². The van der Waals surface area contributed by atoms with Gasteiger partial charge in [0.1, 0.15) is 12.1 Å². The zero-order valence-corrected chi connectivity index (χ0v) is 10.9. The molecule has 2 aromatic carbocycles. The fraction of sp³-hybridized carbons (Fsp3) is 0. The molecule has 0 aliphatic rings. The normalized spacial score (nSPS) is 9.43. The van der Waals surface area contributed by atoms with Crippen molar-refractivity contribution in [3.63, 3.8) is 0 Å². The molecule has 102 valence electrons. The highest BCUT2D eigenvalue weighted by Crippen LogP contribution is 2.24. The van der Waals surface area contributed by atoms with Gasteiger partial charge >= 0.3 is 0 Å². The number of nitrogen functional groups attached to an aromatic ring is 1. The van der Waals surface area contributed by atoms with Crippen molar-refractivity contribution in [3.8, 4) is 12.1 Å². The van der Waals surface area contributed by atoms with Crippen molar-refractivity contribution in [2.75, 3.05) is 11.1 Å². The number of amides is 1. The van der Waals surface area contributed by atoms with Gasteiger partial charge in [-0.25, -0.2) is 0 Å². The van der Waals surface area contributed by atoms with E-state index in [1.54, 1.807) is 18.2 Å². The molecule has 0 aromatic heterocycles. The number of hydrogen-bond donors (Lipinski definition) is 3. The molecule has 6 heteroatoms. The summed E-state index contributed by atoms with van der Waals surface area (Å²) in [6.07, 6.45) is 0. The zero-order chi connectivity index (χ0) is 15.4. The first-order valence-corrected chi connectivity index (χ1v) is 5.95. The van der Waals surface area contributed by atoms with Crippen molar-refractivity contribution >= 4 is 23.0 Å². The number of nitrogens with two attached hydrogens (primary N) is 2. The van der Waals surface area contributed by atoms with E-state index in [1.807, 2.05) is 12.1 Å². The maximum absolute atomic E-state index is 11.4. The smallest absolute Gasteiger partial charge is 0.250 e. The Hall–Kier alpha value is -3.51. The third kappa shape index (κ3) is 2.91. The van der Waals surface area contributed by atoms with Crippen LogP contribution in [0.2, 0.25) is 0 Å². The summed E-state index contributed by atoms with van der Waals surface area (Å²) >= 11 is 0. The fourth-order valence-electron chi connectivity index (χ4n) is 1.84. The van der Waals surface area contributed by atoms with Gasteiger partial charge in [0.25, 0.3) is 5.91 Å². The van der Waals surface area contributed by atoms with Gasteiger partial charge in [-0.05, 0) is 36.4 Å². The first-order valence-electron chi connectivity index (χ1n) is 5.95. The highest BCUT2D eigenvalue weighted by atomic mass is 16.1. The average molecular weight is 277 g/mol. The van der Waals surface area contributed by atoms with E-state index >= 15 is 0 Å². The molecule has 1 amide bonds. The summed E-state index contributed by atoms with van der Waals surface area (Å²) in [5.41, 5.74) is 13.2. The Balaban J connectivity index is 2.42. The monoisotopic (exact) mass is 277 g/mol. The van der Waals surface area contributed by atoms with E-state index in [9.17, 15) is 4.79 Å². The molecule has 0 fully saturated rings. The van der Waals surface area contributed by atoms with Crippen LogP contribution in [-0.4, -0.2) is 5.91 Å². The number of carbonyl (C=O) groups excluding carboxylic acids is 1. The zero-order valence-electron chi connectivity index (χ0n) is 10.9. The molecule has 0 atom stereocenters. The van der Waals surface area contributed by atoms with Crippen LogP contribution < -0.4 is 16.8 Å². The van der Waals surface area contributed by atoms with Crippen LogP contribution in [0.25, 0.3) is 0 Å². The quantitative estimate of drug-likeness (QED) is 0.737. The summed E-state index contributed by atoms with van der Waals surface area (Å²) in [6.45, 7) is 0. The van der Waals surface area contributed by atoms with Crippen molar-refractivity contribution in [2.24, 2.45) is 5.73 Å². The van der Waals surface area contributed by atoms with Gasteiger partial charge in [0.05, 0.1) is 22.4 Å². The summed E-state index contributed by atoms with van der Waals surface area (Å²) in [5, 5.41) is 20.9. The lowest BCUT2D eigenvalue weighted by Crippen LogP contribution is -2.13. The van der Waals surface area contributed by atoms with E-state index in [1.165, 1.54) is 18.2 Å². The molecule has 0 bridgehead atoms. The predicted molar refractivity (Wildman–Crippen MR) is 78.5 cm³/mol. The van der Waals surface area contributed by atoms with Gasteiger partial charge in [-0.2, -0.15) is 10.5 Å². The minimum absolute atomic E-state index is 0.248. The Labute approximate surface area is 121 Å². The molecule has 0 spiro atoms. The van der Waals surface area contributed by atoms with Crippen LogP contribution in [0.4, 0.5) is 17.1 Å². The summed E-state index contributed by atoms with van der Waals surface area (Å²) < 4.78 is 0. The van der Waals surface area contributed by atoms with Crippen molar-refractivity contribution in [1.82, 2.24) is 0 Å². The van der Waals surface area contributed by atoms with E-state index < -0.39 is 5.91 Å². The van der Waals surface area contributed by atoms with E-state index in [0.717, 1.165) is 0 Å². The second-order valence-electron chi connectivity index (χ2n) is 4.28. The van der Waals surface area contributed by atoms with E-state index in [-0.39, 0.29) is 16.7 Å². The van der Waals surface area contributed by atoms with Gasteiger partial charge in [0.2, 0.25) is 0 Å². The molecule has 0 saturated heterocycles. The predicted octanol–water partition coefficient (Wildman–Crippen LogP) is 1.85. The van der Waals surface area contributed by atoms with Gasteiger partial charge < -0.3 is 16.8 Å². The number of nitrogens with zero attached hydrogens (tertiary/aromatic N) is 2. The number of anilines is 3. The molecular weight excluding hydrogens is 266 g/mol. The third-order valence-corrected chi connectivity index (χ3v) is 2.85. The second kappa shape index (κ2) is 5.64. The maximum atomic E-state index is 11.4. The second-order valence-corrected chi connectivity index (χ2v) is 4.28. The van der Waals surface area contributed by atoms with Gasteiger partial charge in [-0.3, -0.25) is 4.79 Å². The number of carbonyl (C=O) groups is 1. The van der Waals surface area contributed by atoms with Crippen LogP contribution >= 0.6 is 0 Å². The van der Waals surface area contributed by atoms with Crippen molar-refractivity contribution in [1.29, 1.82) is 10.5 Å². The van der Waals surface area contributed by atoms with E-state index in [4.69, 9.17) is 22.0 Å². The summed E-state index contributed by atoms with van der Waals surface area (Å²) in [7, 11) is 0. The molecule has 0 radical (unpaired) electrons. The Morgan fingerprint density at radius 3 is 2.38 bits per heavy atom. The first-order chi connectivity index (χ1) is 10.0. The minimum Gasteiger partial charge on any atom is -0.399 e. The topological polar surface area (TPSA) is 129 Å². The standard InChI is InChI=1S/C15H11N5O/c16-7-9-1-3-12(5-10(9)8-17)20-14-4-2-11(18)6-13(14)15(19)21/h1-6,20H,18H2,(H2,19,21). The molecule has 2 rings (SSSR count). The Kier molecular flexibility index (Phi) is 3.74. The highest BCUT2D eigenvalue weighted by molar-refractivity contribution is 6.00. The molecule has 5 N–H and O–H groups in total. The average Bonchev–Trinajstić information content (AvgIpc) is 2.48. The fourth-order valence-corrected chi connectivity index (χ4v) is 1.84. The van der Waals surface area contributed by atoms with Crippen LogP contribution in [0.1, 0.15) is 21.5 Å². The molecule has 21 heavy (non-hydrogen) atoms. The summed E-state index contributed by atoms with van der Waals surface area (Å²) in [5.74, 6) is -0.612. The highest BCUT2D eigenvalue weighted by Gasteiger charge is 2.10. The molecule has 6 nitrogen and oxygen atoms in total. The van der Waals surface area contributed by atoms with Crippen molar-refractivity contribution in [2.45, 2.75) is 0 Å². The molecule has 0 aliphatic carbocycles. The Morgan fingerprint density at radius 2 is 1.76 bits per heavy atom. The van der Waals surface area contributed by atoms with Crippen molar-refractivity contribution < 1.29 is 4.79 Å². The Bertz CT molecular complexity index is 799.